The summed E-state index contributed by atoms with van der Waals surface area (Å²) in [6.07, 6.45) is -0.653. The van der Waals surface area contributed by atoms with E-state index in [1.54, 1.807) is 0 Å². The molecule has 1 fully saturated rings. The van der Waals surface area contributed by atoms with Crippen LogP contribution in [0.25, 0.3) is 0 Å². The van der Waals surface area contributed by atoms with Crippen LogP contribution in [0.15, 0.2) is 18.2 Å². The minimum atomic E-state index is -4.67. The largest absolute Gasteiger partial charge is 0.416 e. The third kappa shape index (κ3) is 5.47. The summed E-state index contributed by atoms with van der Waals surface area (Å²) in [5, 5.41) is 2.40. The molecular formula is C17H21F4NO2. The van der Waals surface area contributed by atoms with Crippen LogP contribution in [0.5, 0.6) is 0 Å². The third-order valence-electron chi connectivity index (χ3n) is 4.19. The lowest BCUT2D eigenvalue weighted by atomic mass is 9.89. The van der Waals surface area contributed by atoms with Crippen molar-refractivity contribution in [3.05, 3.63) is 35.1 Å². The number of rotatable bonds is 5. The van der Waals surface area contributed by atoms with Crippen molar-refractivity contribution in [2.45, 2.75) is 51.4 Å². The van der Waals surface area contributed by atoms with Crippen molar-refractivity contribution in [1.29, 1.82) is 0 Å². The minimum Gasteiger partial charge on any atom is -0.368 e. The molecule has 7 heteroatoms. The summed E-state index contributed by atoms with van der Waals surface area (Å²) < 4.78 is 57.2. The van der Waals surface area contributed by atoms with E-state index in [9.17, 15) is 22.4 Å². The number of carbonyl (C=O) groups excluding carboxylic acids is 1. The topological polar surface area (TPSA) is 38.3 Å². The van der Waals surface area contributed by atoms with Crippen molar-refractivity contribution in [1.82, 2.24) is 5.32 Å². The lowest BCUT2D eigenvalue weighted by Gasteiger charge is -2.26. The highest BCUT2D eigenvalue weighted by Crippen LogP contribution is 2.32. The van der Waals surface area contributed by atoms with Crippen LogP contribution in [0.1, 0.15) is 43.7 Å². The quantitative estimate of drug-likeness (QED) is 0.816. The van der Waals surface area contributed by atoms with E-state index < -0.39 is 23.5 Å². The zero-order chi connectivity index (χ0) is 17.7. The number of hydrogen-bond acceptors (Lipinski definition) is 2. The Morgan fingerprint density at radius 2 is 2.08 bits per heavy atom. The number of nitrogens with one attached hydrogen (secondary N) is 1. The predicted octanol–water partition coefficient (Wildman–Crippen LogP) is 4.06. The molecule has 2 unspecified atom stereocenters. The summed E-state index contributed by atoms with van der Waals surface area (Å²) in [5.41, 5.74) is -1.26. The van der Waals surface area contributed by atoms with Crippen LogP contribution in [0.2, 0.25) is 0 Å². The highest BCUT2D eigenvalue weighted by atomic mass is 19.4. The van der Waals surface area contributed by atoms with Gasteiger partial charge in [0.05, 0.1) is 11.7 Å². The first-order valence-electron chi connectivity index (χ1n) is 7.99. The van der Waals surface area contributed by atoms with E-state index in [0.717, 1.165) is 37.8 Å². The van der Waals surface area contributed by atoms with Crippen LogP contribution in [-0.4, -0.2) is 18.6 Å². The van der Waals surface area contributed by atoms with Gasteiger partial charge in [-0.3, -0.25) is 4.79 Å². The maximum absolute atomic E-state index is 13.0. The minimum absolute atomic E-state index is 0.0241. The lowest BCUT2D eigenvalue weighted by molar-refractivity contribution is -0.139. The standard InChI is InChI=1S/C17H21F4NO2/c1-11-3-2-4-14(7-11)24-10-16(23)22-9-12-5-6-13(18)8-15(12)17(19,20)21/h5-6,8,11,14H,2-4,7,9-10H2,1H3,(H,22,23). The summed E-state index contributed by atoms with van der Waals surface area (Å²) in [5.74, 6) is -0.891. The molecule has 0 heterocycles. The van der Waals surface area contributed by atoms with Crippen molar-refractivity contribution < 1.29 is 27.1 Å². The SMILES string of the molecule is CC1CCCC(OCC(=O)NCc2ccc(F)cc2C(F)(F)F)C1. The zero-order valence-electron chi connectivity index (χ0n) is 13.5. The second-order valence-corrected chi connectivity index (χ2v) is 6.28. The summed E-state index contributed by atoms with van der Waals surface area (Å²) >= 11 is 0. The van der Waals surface area contributed by atoms with Crippen LogP contribution < -0.4 is 5.32 Å². The van der Waals surface area contributed by atoms with Gasteiger partial charge < -0.3 is 10.1 Å². The Balaban J connectivity index is 1.85. The van der Waals surface area contributed by atoms with Gasteiger partial charge in [0.15, 0.2) is 0 Å². The first kappa shape index (κ1) is 18.7. The monoisotopic (exact) mass is 347 g/mol. The number of ether oxygens (including phenoxy) is 1. The molecule has 1 amide bonds. The molecule has 2 atom stereocenters. The van der Waals surface area contributed by atoms with E-state index in [1.165, 1.54) is 0 Å². The van der Waals surface area contributed by atoms with Gasteiger partial charge in [-0.1, -0.05) is 25.8 Å². The van der Waals surface area contributed by atoms with E-state index in [0.29, 0.717) is 12.0 Å². The lowest BCUT2D eigenvalue weighted by Crippen LogP contribution is -2.31. The van der Waals surface area contributed by atoms with Crippen LogP contribution in [0.3, 0.4) is 0 Å². The number of alkyl halides is 3. The van der Waals surface area contributed by atoms with Crippen molar-refractivity contribution in [3.8, 4) is 0 Å². The number of carbonyl (C=O) groups is 1. The molecule has 1 saturated carbocycles. The van der Waals surface area contributed by atoms with Gasteiger partial charge in [-0.15, -0.1) is 0 Å². The molecule has 1 aliphatic rings. The Bertz CT molecular complexity index is 574. The molecule has 0 aliphatic heterocycles. The summed E-state index contributed by atoms with van der Waals surface area (Å²) in [6.45, 7) is 1.63. The van der Waals surface area contributed by atoms with Gasteiger partial charge in [0, 0.05) is 6.54 Å². The fraction of sp³-hybridized carbons (Fsp3) is 0.588. The normalized spacial score (nSPS) is 21.5. The second kappa shape index (κ2) is 7.96. The van der Waals surface area contributed by atoms with Crippen molar-refractivity contribution in [2.75, 3.05) is 6.61 Å². The highest BCUT2D eigenvalue weighted by molar-refractivity contribution is 5.77. The molecule has 0 radical (unpaired) electrons. The zero-order valence-corrected chi connectivity index (χ0v) is 13.5. The highest BCUT2D eigenvalue weighted by Gasteiger charge is 2.33. The maximum atomic E-state index is 13.0. The molecule has 1 aliphatic carbocycles. The average Bonchev–Trinajstić information content (AvgIpc) is 2.51. The Kier molecular flexibility index (Phi) is 6.21. The van der Waals surface area contributed by atoms with Crippen molar-refractivity contribution in [2.24, 2.45) is 5.92 Å². The van der Waals surface area contributed by atoms with Gasteiger partial charge in [0.25, 0.3) is 0 Å². The number of hydrogen-bond donors (Lipinski definition) is 1. The maximum Gasteiger partial charge on any atom is 0.416 e. The molecule has 0 spiro atoms. The first-order chi connectivity index (χ1) is 11.3. The summed E-state index contributed by atoms with van der Waals surface area (Å²) in [6, 6.07) is 2.40. The van der Waals surface area contributed by atoms with Gasteiger partial charge in [-0.2, -0.15) is 13.2 Å². The smallest absolute Gasteiger partial charge is 0.368 e. The molecule has 0 saturated heterocycles. The molecule has 1 aromatic carbocycles. The average molecular weight is 347 g/mol. The fourth-order valence-electron chi connectivity index (χ4n) is 2.93. The van der Waals surface area contributed by atoms with Gasteiger partial charge in [0.2, 0.25) is 5.91 Å². The number of amides is 1. The molecule has 3 nitrogen and oxygen atoms in total. The molecular weight excluding hydrogens is 326 g/mol. The molecule has 134 valence electrons. The summed E-state index contributed by atoms with van der Waals surface area (Å²) in [4.78, 5) is 11.8. The van der Waals surface area contributed by atoms with Crippen LogP contribution in [0.4, 0.5) is 17.6 Å². The Labute approximate surface area is 138 Å². The molecule has 1 aromatic rings. The summed E-state index contributed by atoms with van der Waals surface area (Å²) in [7, 11) is 0. The molecule has 24 heavy (non-hydrogen) atoms. The van der Waals surface area contributed by atoms with Gasteiger partial charge in [-0.25, -0.2) is 4.39 Å². The Morgan fingerprint density at radius 3 is 2.75 bits per heavy atom. The number of halogens is 4. The molecule has 0 bridgehead atoms. The van der Waals surface area contributed by atoms with E-state index in [-0.39, 0.29) is 24.8 Å². The third-order valence-corrected chi connectivity index (χ3v) is 4.19. The van der Waals surface area contributed by atoms with Crippen molar-refractivity contribution >= 4 is 5.91 Å². The first-order valence-corrected chi connectivity index (χ1v) is 7.99. The van der Waals surface area contributed by atoms with Crippen LogP contribution in [0, 0.1) is 11.7 Å². The fourth-order valence-corrected chi connectivity index (χ4v) is 2.93. The van der Waals surface area contributed by atoms with Crippen molar-refractivity contribution in [3.63, 3.8) is 0 Å². The van der Waals surface area contributed by atoms with E-state index in [1.807, 2.05) is 0 Å². The number of benzene rings is 1. The van der Waals surface area contributed by atoms with Gasteiger partial charge in [0.1, 0.15) is 12.4 Å². The Hall–Kier alpha value is -1.63. The Morgan fingerprint density at radius 1 is 1.33 bits per heavy atom. The van der Waals surface area contributed by atoms with E-state index in [4.69, 9.17) is 4.74 Å². The van der Waals surface area contributed by atoms with E-state index >= 15 is 0 Å². The second-order valence-electron chi connectivity index (χ2n) is 6.28. The predicted molar refractivity (Wildman–Crippen MR) is 80.6 cm³/mol. The van der Waals surface area contributed by atoms with Crippen LogP contribution >= 0.6 is 0 Å². The van der Waals surface area contributed by atoms with E-state index in [2.05, 4.69) is 12.2 Å². The van der Waals surface area contributed by atoms with Crippen LogP contribution in [-0.2, 0) is 22.3 Å². The molecule has 0 aromatic heterocycles. The molecule has 2 rings (SSSR count). The molecule has 1 N–H and O–H groups in total. The van der Waals surface area contributed by atoms with Gasteiger partial charge >= 0.3 is 6.18 Å². The van der Waals surface area contributed by atoms with Gasteiger partial charge in [-0.05, 0) is 36.5 Å².